The summed E-state index contributed by atoms with van der Waals surface area (Å²) in [6.45, 7) is 7.86. The summed E-state index contributed by atoms with van der Waals surface area (Å²) in [4.78, 5) is 12.7. The number of nitriles is 1. The number of carbonyl (C=O) groups is 1. The van der Waals surface area contributed by atoms with E-state index in [2.05, 4.69) is 9.88 Å². The fourth-order valence-electron chi connectivity index (χ4n) is 3.43. The summed E-state index contributed by atoms with van der Waals surface area (Å²) >= 11 is 0. The number of aromatic nitrogens is 1. The molecular formula is C25H25N3O2. The monoisotopic (exact) mass is 399 g/mol. The summed E-state index contributed by atoms with van der Waals surface area (Å²) in [5.41, 5.74) is 6.54. The van der Waals surface area contributed by atoms with Crippen molar-refractivity contribution < 1.29 is 9.53 Å². The minimum absolute atomic E-state index is 0.0610. The number of nitrogens with zero attached hydrogens (tertiary/aromatic N) is 2. The molecule has 0 saturated heterocycles. The maximum Gasteiger partial charge on any atom is 0.266 e. The van der Waals surface area contributed by atoms with Crippen LogP contribution in [0.15, 0.2) is 54.1 Å². The minimum Gasteiger partial charge on any atom is -0.497 e. The standard InChI is InChI=1S/C25H25N3O2/c1-16-6-7-17(2)24(12-16)27-25(29)21(15-26)14-20-13-18(3)28(19(20)4)22-8-10-23(30-5)11-9-22/h6-14H,1-5H3,(H,27,29)/b21-14-. The second kappa shape index (κ2) is 8.71. The van der Waals surface area contributed by atoms with Crippen LogP contribution >= 0.6 is 0 Å². The molecule has 0 aliphatic heterocycles. The van der Waals surface area contributed by atoms with Crippen LogP contribution in [0, 0.1) is 39.0 Å². The Morgan fingerprint density at radius 3 is 2.40 bits per heavy atom. The normalized spacial score (nSPS) is 11.1. The molecule has 152 valence electrons. The molecule has 0 radical (unpaired) electrons. The largest absolute Gasteiger partial charge is 0.497 e. The quantitative estimate of drug-likeness (QED) is 0.470. The highest BCUT2D eigenvalue weighted by Crippen LogP contribution is 2.25. The Balaban J connectivity index is 1.93. The van der Waals surface area contributed by atoms with Crippen LogP contribution in [0.5, 0.6) is 5.75 Å². The molecule has 0 aliphatic rings. The van der Waals surface area contributed by atoms with E-state index in [1.165, 1.54) is 0 Å². The molecule has 0 fully saturated rings. The van der Waals surface area contributed by atoms with Crippen molar-refractivity contribution in [1.82, 2.24) is 4.57 Å². The molecule has 3 aromatic rings. The predicted octanol–water partition coefficient (Wildman–Crippen LogP) is 5.27. The van der Waals surface area contributed by atoms with Crippen LogP contribution in [0.4, 0.5) is 5.69 Å². The Hall–Kier alpha value is -3.78. The van der Waals surface area contributed by atoms with Crippen molar-refractivity contribution in [2.75, 3.05) is 12.4 Å². The smallest absolute Gasteiger partial charge is 0.266 e. The van der Waals surface area contributed by atoms with E-state index in [0.29, 0.717) is 5.69 Å². The van der Waals surface area contributed by atoms with Gasteiger partial charge in [-0.3, -0.25) is 4.79 Å². The lowest BCUT2D eigenvalue weighted by Gasteiger charge is -2.11. The fraction of sp³-hybridized carbons (Fsp3) is 0.200. The Labute approximate surface area is 177 Å². The third kappa shape index (κ3) is 4.28. The topological polar surface area (TPSA) is 67.0 Å². The lowest BCUT2D eigenvalue weighted by atomic mass is 10.1. The van der Waals surface area contributed by atoms with E-state index in [-0.39, 0.29) is 5.57 Å². The number of rotatable bonds is 5. The van der Waals surface area contributed by atoms with Crippen LogP contribution < -0.4 is 10.1 Å². The molecule has 30 heavy (non-hydrogen) atoms. The number of aryl methyl sites for hydroxylation is 3. The van der Waals surface area contributed by atoms with Crippen molar-refractivity contribution in [2.45, 2.75) is 27.7 Å². The lowest BCUT2D eigenvalue weighted by molar-refractivity contribution is -0.112. The van der Waals surface area contributed by atoms with E-state index in [9.17, 15) is 10.1 Å². The average molecular weight is 399 g/mol. The second-order valence-corrected chi connectivity index (χ2v) is 7.30. The number of amides is 1. The number of methoxy groups -OCH3 is 1. The van der Waals surface area contributed by atoms with Gasteiger partial charge in [0, 0.05) is 22.8 Å². The van der Waals surface area contributed by atoms with Crippen LogP contribution in [-0.2, 0) is 4.79 Å². The van der Waals surface area contributed by atoms with Gasteiger partial charge >= 0.3 is 0 Å². The van der Waals surface area contributed by atoms with Crippen LogP contribution in [-0.4, -0.2) is 17.6 Å². The van der Waals surface area contributed by atoms with E-state index in [1.54, 1.807) is 13.2 Å². The number of nitrogens with one attached hydrogen (secondary N) is 1. The second-order valence-electron chi connectivity index (χ2n) is 7.30. The summed E-state index contributed by atoms with van der Waals surface area (Å²) in [5.74, 6) is 0.372. The first kappa shape index (κ1) is 20.9. The Morgan fingerprint density at radius 2 is 1.77 bits per heavy atom. The summed E-state index contributed by atoms with van der Waals surface area (Å²) in [7, 11) is 1.64. The maximum atomic E-state index is 12.7. The van der Waals surface area contributed by atoms with Gasteiger partial charge in [-0.05, 0) is 86.9 Å². The molecule has 5 heteroatoms. The first-order valence-electron chi connectivity index (χ1n) is 9.68. The molecule has 5 nitrogen and oxygen atoms in total. The average Bonchev–Trinajstić information content (AvgIpc) is 3.01. The summed E-state index contributed by atoms with van der Waals surface area (Å²) < 4.78 is 7.32. The highest BCUT2D eigenvalue weighted by atomic mass is 16.5. The number of anilines is 1. The molecule has 3 rings (SSSR count). The fourth-order valence-corrected chi connectivity index (χ4v) is 3.43. The first-order chi connectivity index (χ1) is 14.3. The van der Waals surface area contributed by atoms with Gasteiger partial charge in [0.05, 0.1) is 7.11 Å². The van der Waals surface area contributed by atoms with Crippen LogP contribution in [0.2, 0.25) is 0 Å². The van der Waals surface area contributed by atoms with Crippen molar-refractivity contribution in [2.24, 2.45) is 0 Å². The molecule has 2 aromatic carbocycles. The van der Waals surface area contributed by atoms with Crippen LogP contribution in [0.25, 0.3) is 11.8 Å². The predicted molar refractivity (Wildman–Crippen MR) is 120 cm³/mol. The number of hydrogen-bond donors (Lipinski definition) is 1. The highest BCUT2D eigenvalue weighted by molar-refractivity contribution is 6.10. The molecule has 0 spiro atoms. The maximum absolute atomic E-state index is 12.7. The van der Waals surface area contributed by atoms with Gasteiger partial charge in [-0.15, -0.1) is 0 Å². The summed E-state index contributed by atoms with van der Waals surface area (Å²) in [5, 5.41) is 12.5. The molecule has 0 aliphatic carbocycles. The summed E-state index contributed by atoms with van der Waals surface area (Å²) in [6, 6.07) is 17.6. The zero-order chi connectivity index (χ0) is 21.8. The van der Waals surface area contributed by atoms with E-state index < -0.39 is 5.91 Å². The number of hydrogen-bond acceptors (Lipinski definition) is 3. The van der Waals surface area contributed by atoms with Gasteiger partial charge in [-0.2, -0.15) is 5.26 Å². The van der Waals surface area contributed by atoms with Crippen molar-refractivity contribution in [1.29, 1.82) is 5.26 Å². The minimum atomic E-state index is -0.416. The van der Waals surface area contributed by atoms with E-state index in [0.717, 1.165) is 39.5 Å². The zero-order valence-electron chi connectivity index (χ0n) is 17.9. The Kier molecular flexibility index (Phi) is 6.08. The van der Waals surface area contributed by atoms with E-state index in [4.69, 9.17) is 4.74 Å². The first-order valence-corrected chi connectivity index (χ1v) is 9.68. The molecule has 1 N–H and O–H groups in total. The van der Waals surface area contributed by atoms with Gasteiger partial charge in [0.15, 0.2) is 0 Å². The van der Waals surface area contributed by atoms with Gasteiger partial charge < -0.3 is 14.6 Å². The number of benzene rings is 2. The lowest BCUT2D eigenvalue weighted by Crippen LogP contribution is -2.14. The van der Waals surface area contributed by atoms with Crippen LogP contribution in [0.3, 0.4) is 0 Å². The molecule has 1 aromatic heterocycles. The van der Waals surface area contributed by atoms with E-state index >= 15 is 0 Å². The Morgan fingerprint density at radius 1 is 1.07 bits per heavy atom. The van der Waals surface area contributed by atoms with Gasteiger partial charge in [-0.1, -0.05) is 12.1 Å². The molecule has 1 amide bonds. The molecule has 0 saturated carbocycles. The zero-order valence-corrected chi connectivity index (χ0v) is 17.9. The van der Waals surface area contributed by atoms with Crippen molar-refractivity contribution >= 4 is 17.7 Å². The van der Waals surface area contributed by atoms with Crippen molar-refractivity contribution in [3.05, 3.63) is 82.2 Å². The van der Waals surface area contributed by atoms with Gasteiger partial charge in [0.1, 0.15) is 17.4 Å². The van der Waals surface area contributed by atoms with E-state index in [1.807, 2.05) is 82.3 Å². The molecule has 0 bridgehead atoms. The number of carbonyl (C=O) groups excluding carboxylic acids is 1. The SMILES string of the molecule is COc1ccc(-n2c(C)cc(/C=C(/C#N)C(=O)Nc3cc(C)ccc3C)c2C)cc1. The van der Waals surface area contributed by atoms with Gasteiger partial charge in [0.25, 0.3) is 5.91 Å². The Bertz CT molecular complexity index is 1160. The molecule has 0 unspecified atom stereocenters. The third-order valence-corrected chi connectivity index (χ3v) is 5.11. The molecule has 1 heterocycles. The number of ether oxygens (including phenoxy) is 1. The molecular weight excluding hydrogens is 374 g/mol. The van der Waals surface area contributed by atoms with Crippen LogP contribution in [0.1, 0.15) is 28.1 Å². The van der Waals surface area contributed by atoms with Crippen molar-refractivity contribution in [3.63, 3.8) is 0 Å². The highest BCUT2D eigenvalue weighted by Gasteiger charge is 2.15. The molecule has 0 atom stereocenters. The summed E-state index contributed by atoms with van der Waals surface area (Å²) in [6.07, 6.45) is 1.64. The van der Waals surface area contributed by atoms with Crippen molar-refractivity contribution in [3.8, 4) is 17.5 Å². The van der Waals surface area contributed by atoms with Gasteiger partial charge in [0.2, 0.25) is 0 Å². The third-order valence-electron chi connectivity index (χ3n) is 5.11. The van der Waals surface area contributed by atoms with Gasteiger partial charge in [-0.25, -0.2) is 0 Å².